The predicted octanol–water partition coefficient (Wildman–Crippen LogP) is 0.802. The fraction of sp³-hybridized carbons (Fsp3) is 1.00. The molecule has 0 aliphatic carbocycles. The van der Waals surface area contributed by atoms with Crippen LogP contribution in [-0.2, 0) is 4.74 Å². The van der Waals surface area contributed by atoms with Gasteiger partial charge in [0, 0.05) is 20.3 Å². The highest BCUT2D eigenvalue weighted by Gasteiger charge is 2.40. The van der Waals surface area contributed by atoms with Crippen LogP contribution < -0.4 is 5.73 Å². The highest BCUT2D eigenvalue weighted by Crippen LogP contribution is 2.22. The quantitative estimate of drug-likeness (QED) is 0.667. The van der Waals surface area contributed by atoms with Gasteiger partial charge < -0.3 is 10.5 Å². The van der Waals surface area contributed by atoms with Gasteiger partial charge in [-0.2, -0.15) is 13.2 Å². The first-order valence-corrected chi connectivity index (χ1v) is 3.97. The number of ether oxygens (including phenoxy) is 1. The van der Waals surface area contributed by atoms with Crippen molar-refractivity contribution in [3.63, 3.8) is 0 Å². The van der Waals surface area contributed by atoms with E-state index in [1.54, 1.807) is 6.92 Å². The highest BCUT2D eigenvalue weighted by molar-refractivity contribution is 4.71. The summed E-state index contributed by atoms with van der Waals surface area (Å²) < 4.78 is 40.8. The summed E-state index contributed by atoms with van der Waals surface area (Å²) in [5.41, 5.74) is 5.23. The van der Waals surface area contributed by atoms with E-state index in [1.807, 2.05) is 0 Å². The Morgan fingerprint density at radius 3 is 2.23 bits per heavy atom. The van der Waals surface area contributed by atoms with Crippen LogP contribution in [0.15, 0.2) is 0 Å². The number of rotatable bonds is 5. The number of likely N-dealkylation sites (N-methyl/N-ethyl adjacent to an activating group) is 1. The molecule has 0 bridgehead atoms. The minimum Gasteiger partial charge on any atom is -0.371 e. The van der Waals surface area contributed by atoms with Crippen molar-refractivity contribution >= 4 is 0 Å². The van der Waals surface area contributed by atoms with Gasteiger partial charge in [0.05, 0.1) is 0 Å². The molecule has 0 fully saturated rings. The van der Waals surface area contributed by atoms with Crippen molar-refractivity contribution < 1.29 is 17.9 Å². The SMILES string of the molecule is CCN(CN)CC(OC)C(F)(F)F. The zero-order valence-corrected chi connectivity index (χ0v) is 7.77. The molecule has 0 aromatic rings. The number of nitrogens with zero attached hydrogens (tertiary/aromatic N) is 1. The maximum atomic E-state index is 12.2. The molecule has 0 spiro atoms. The first-order chi connectivity index (χ1) is 5.95. The second-order valence-corrected chi connectivity index (χ2v) is 2.62. The second kappa shape index (κ2) is 5.41. The summed E-state index contributed by atoms with van der Waals surface area (Å²) in [6, 6.07) is 0. The zero-order chi connectivity index (χ0) is 10.5. The fourth-order valence-corrected chi connectivity index (χ4v) is 0.879. The van der Waals surface area contributed by atoms with E-state index in [-0.39, 0.29) is 13.2 Å². The first-order valence-electron chi connectivity index (χ1n) is 3.97. The van der Waals surface area contributed by atoms with Crippen LogP contribution in [0.1, 0.15) is 6.92 Å². The standard InChI is InChI=1S/C7H15F3N2O/c1-3-12(5-11)4-6(13-2)7(8,9)10/h6H,3-5,11H2,1-2H3. The summed E-state index contributed by atoms with van der Waals surface area (Å²) in [7, 11) is 1.04. The Bertz CT molecular complexity index is 136. The van der Waals surface area contributed by atoms with Crippen LogP contribution in [0.25, 0.3) is 0 Å². The minimum absolute atomic E-state index is 0.104. The molecular formula is C7H15F3N2O. The van der Waals surface area contributed by atoms with Gasteiger partial charge in [-0.3, -0.25) is 4.90 Å². The molecule has 1 atom stereocenters. The Labute approximate surface area is 75.6 Å². The molecule has 13 heavy (non-hydrogen) atoms. The summed E-state index contributed by atoms with van der Waals surface area (Å²) in [6.07, 6.45) is -6.08. The Morgan fingerprint density at radius 2 is 2.00 bits per heavy atom. The van der Waals surface area contributed by atoms with Crippen LogP contribution in [0.2, 0.25) is 0 Å². The normalized spacial score (nSPS) is 15.0. The van der Waals surface area contributed by atoms with Gasteiger partial charge in [0.2, 0.25) is 0 Å². The summed E-state index contributed by atoms with van der Waals surface area (Å²) in [5.74, 6) is 0. The fourth-order valence-electron chi connectivity index (χ4n) is 0.879. The van der Waals surface area contributed by atoms with Crippen molar-refractivity contribution in [1.82, 2.24) is 4.90 Å². The monoisotopic (exact) mass is 200 g/mol. The first kappa shape index (κ1) is 12.7. The third-order valence-corrected chi connectivity index (χ3v) is 1.78. The van der Waals surface area contributed by atoms with Crippen LogP contribution in [0, 0.1) is 0 Å². The maximum Gasteiger partial charge on any atom is 0.415 e. The Hall–Kier alpha value is -0.330. The summed E-state index contributed by atoms with van der Waals surface area (Å²) >= 11 is 0. The third-order valence-electron chi connectivity index (χ3n) is 1.78. The van der Waals surface area contributed by atoms with Gasteiger partial charge in [-0.1, -0.05) is 6.92 Å². The van der Waals surface area contributed by atoms with Crippen molar-refractivity contribution in [2.24, 2.45) is 5.73 Å². The molecule has 1 unspecified atom stereocenters. The molecule has 0 aromatic heterocycles. The maximum absolute atomic E-state index is 12.2. The molecule has 2 N–H and O–H groups in total. The number of hydrogen-bond donors (Lipinski definition) is 1. The smallest absolute Gasteiger partial charge is 0.371 e. The lowest BCUT2D eigenvalue weighted by Crippen LogP contribution is -2.44. The second-order valence-electron chi connectivity index (χ2n) is 2.62. The average molecular weight is 200 g/mol. The van der Waals surface area contributed by atoms with E-state index in [4.69, 9.17) is 5.73 Å². The van der Waals surface area contributed by atoms with E-state index >= 15 is 0 Å². The molecule has 0 aliphatic heterocycles. The van der Waals surface area contributed by atoms with Gasteiger partial charge in [-0.05, 0) is 6.54 Å². The Morgan fingerprint density at radius 1 is 1.46 bits per heavy atom. The number of alkyl halides is 3. The highest BCUT2D eigenvalue weighted by atomic mass is 19.4. The molecule has 0 aliphatic rings. The van der Waals surface area contributed by atoms with E-state index < -0.39 is 12.3 Å². The molecule has 0 saturated heterocycles. The molecular weight excluding hydrogens is 185 g/mol. The van der Waals surface area contributed by atoms with E-state index in [0.717, 1.165) is 7.11 Å². The molecule has 80 valence electrons. The lowest BCUT2D eigenvalue weighted by molar-refractivity contribution is -0.216. The Balaban J connectivity index is 4.11. The van der Waals surface area contributed by atoms with E-state index in [1.165, 1.54) is 4.90 Å². The van der Waals surface area contributed by atoms with Crippen molar-refractivity contribution in [3.05, 3.63) is 0 Å². The van der Waals surface area contributed by atoms with Crippen LogP contribution >= 0.6 is 0 Å². The topological polar surface area (TPSA) is 38.5 Å². The molecule has 0 saturated carbocycles. The number of halogens is 3. The van der Waals surface area contributed by atoms with E-state index in [2.05, 4.69) is 4.74 Å². The summed E-state index contributed by atoms with van der Waals surface area (Å²) in [5, 5.41) is 0. The van der Waals surface area contributed by atoms with Gasteiger partial charge >= 0.3 is 6.18 Å². The van der Waals surface area contributed by atoms with Crippen LogP contribution in [-0.4, -0.2) is 44.0 Å². The van der Waals surface area contributed by atoms with Crippen molar-refractivity contribution in [3.8, 4) is 0 Å². The average Bonchev–Trinajstić information content (AvgIpc) is 2.04. The molecule has 3 nitrogen and oxygen atoms in total. The van der Waals surface area contributed by atoms with Crippen LogP contribution in [0.5, 0.6) is 0 Å². The van der Waals surface area contributed by atoms with Crippen molar-refractivity contribution in [2.75, 3.05) is 26.9 Å². The lowest BCUT2D eigenvalue weighted by Gasteiger charge is -2.25. The van der Waals surface area contributed by atoms with Gasteiger partial charge in [0.15, 0.2) is 6.10 Å². The Kier molecular flexibility index (Phi) is 5.27. The molecule has 0 aromatic carbocycles. The lowest BCUT2D eigenvalue weighted by atomic mass is 10.3. The van der Waals surface area contributed by atoms with Crippen LogP contribution in [0.4, 0.5) is 13.2 Å². The van der Waals surface area contributed by atoms with Gasteiger partial charge in [-0.15, -0.1) is 0 Å². The molecule has 0 rings (SSSR count). The van der Waals surface area contributed by atoms with Crippen LogP contribution in [0.3, 0.4) is 0 Å². The largest absolute Gasteiger partial charge is 0.415 e. The number of hydrogen-bond acceptors (Lipinski definition) is 3. The van der Waals surface area contributed by atoms with Crippen molar-refractivity contribution in [1.29, 1.82) is 0 Å². The summed E-state index contributed by atoms with van der Waals surface area (Å²) in [4.78, 5) is 1.46. The molecule has 0 heterocycles. The van der Waals surface area contributed by atoms with E-state index in [0.29, 0.717) is 6.54 Å². The van der Waals surface area contributed by atoms with Crippen molar-refractivity contribution in [2.45, 2.75) is 19.2 Å². The number of methoxy groups -OCH3 is 1. The van der Waals surface area contributed by atoms with Gasteiger partial charge in [0.1, 0.15) is 0 Å². The molecule has 0 radical (unpaired) electrons. The van der Waals surface area contributed by atoms with E-state index in [9.17, 15) is 13.2 Å². The predicted molar refractivity (Wildman–Crippen MR) is 43.2 cm³/mol. The minimum atomic E-state index is -4.32. The zero-order valence-electron chi connectivity index (χ0n) is 7.77. The molecule has 0 amide bonds. The number of nitrogens with two attached hydrogens (primary N) is 1. The molecule has 6 heteroatoms. The third kappa shape index (κ3) is 4.44. The summed E-state index contributed by atoms with van der Waals surface area (Å²) in [6.45, 7) is 2.11. The van der Waals surface area contributed by atoms with Gasteiger partial charge in [-0.25, -0.2) is 0 Å². The van der Waals surface area contributed by atoms with Gasteiger partial charge in [0.25, 0.3) is 0 Å².